The predicted molar refractivity (Wildman–Crippen MR) is 124 cm³/mol. The van der Waals surface area contributed by atoms with Crippen molar-refractivity contribution in [2.75, 3.05) is 7.11 Å². The van der Waals surface area contributed by atoms with Gasteiger partial charge in [0.2, 0.25) is 0 Å². The molecular weight excluding hydrogens is 494 g/mol. The molecule has 3 rings (SSSR count). The Balaban J connectivity index is 1.89. The van der Waals surface area contributed by atoms with Gasteiger partial charge in [0.1, 0.15) is 6.61 Å². The Hall–Kier alpha value is -2.55. The maximum absolute atomic E-state index is 9.63. The lowest BCUT2D eigenvalue weighted by molar-refractivity contribution is 0.284. The zero-order chi connectivity index (χ0) is 20.8. The summed E-state index contributed by atoms with van der Waals surface area (Å²) in [7, 11) is 1.61. The largest absolute Gasteiger partial charge is 0.493 e. The third kappa shape index (κ3) is 5.50. The van der Waals surface area contributed by atoms with E-state index in [1.54, 1.807) is 7.11 Å². The number of halogens is 2. The van der Waals surface area contributed by atoms with Crippen LogP contribution in [0.3, 0.4) is 0 Å². The van der Waals surface area contributed by atoms with Crippen LogP contribution in [0.15, 0.2) is 69.6 Å². The molecular formula is C24H19Br2NO2. The molecule has 0 spiro atoms. The number of methoxy groups -OCH3 is 1. The molecule has 0 unspecified atom stereocenters. The first kappa shape index (κ1) is 21.2. The molecule has 146 valence electrons. The fourth-order valence-electron chi connectivity index (χ4n) is 2.77. The fraction of sp³-hybridized carbons (Fsp3) is 0.125. The second-order valence-corrected chi connectivity index (χ2v) is 8.25. The highest BCUT2D eigenvalue weighted by molar-refractivity contribution is 9.10. The van der Waals surface area contributed by atoms with Crippen LogP contribution in [0.4, 0.5) is 0 Å². The van der Waals surface area contributed by atoms with Gasteiger partial charge in [-0.15, -0.1) is 0 Å². The number of allylic oxidation sites excluding steroid dienone is 1. The van der Waals surface area contributed by atoms with Gasteiger partial charge in [0.25, 0.3) is 0 Å². The number of hydrogen-bond acceptors (Lipinski definition) is 3. The summed E-state index contributed by atoms with van der Waals surface area (Å²) in [5.74, 6) is 1.25. The van der Waals surface area contributed by atoms with Crippen LogP contribution in [0.2, 0.25) is 0 Å². The van der Waals surface area contributed by atoms with Gasteiger partial charge in [-0.05, 0) is 54.0 Å². The third-order valence-electron chi connectivity index (χ3n) is 4.35. The highest BCUT2D eigenvalue weighted by Crippen LogP contribution is 2.36. The van der Waals surface area contributed by atoms with Crippen LogP contribution in [-0.2, 0) is 6.61 Å². The summed E-state index contributed by atoms with van der Waals surface area (Å²) in [6, 6.07) is 21.9. The lowest BCUT2D eigenvalue weighted by atomic mass is 10.0. The lowest BCUT2D eigenvalue weighted by Gasteiger charge is -2.13. The van der Waals surface area contributed by atoms with Gasteiger partial charge in [0, 0.05) is 8.95 Å². The van der Waals surface area contributed by atoms with Crippen molar-refractivity contribution in [3.63, 3.8) is 0 Å². The zero-order valence-corrected chi connectivity index (χ0v) is 19.2. The summed E-state index contributed by atoms with van der Waals surface area (Å²) < 4.78 is 13.2. The van der Waals surface area contributed by atoms with Crippen molar-refractivity contribution in [2.24, 2.45) is 0 Å². The summed E-state index contributed by atoms with van der Waals surface area (Å²) in [5, 5.41) is 9.63. The third-order valence-corrected chi connectivity index (χ3v) is 5.53. The van der Waals surface area contributed by atoms with Crippen molar-refractivity contribution in [3.05, 3.63) is 91.9 Å². The first-order chi connectivity index (χ1) is 14.0. The van der Waals surface area contributed by atoms with E-state index in [2.05, 4.69) is 57.0 Å². The van der Waals surface area contributed by atoms with Crippen LogP contribution >= 0.6 is 31.9 Å². The second-order valence-electron chi connectivity index (χ2n) is 6.48. The van der Waals surface area contributed by atoms with Gasteiger partial charge in [0.15, 0.2) is 11.5 Å². The highest BCUT2D eigenvalue weighted by atomic mass is 79.9. The van der Waals surface area contributed by atoms with Gasteiger partial charge in [-0.3, -0.25) is 0 Å². The molecule has 0 aliphatic carbocycles. The Kier molecular flexibility index (Phi) is 7.13. The Bertz CT molecular complexity index is 1080. The maximum atomic E-state index is 9.63. The van der Waals surface area contributed by atoms with Crippen molar-refractivity contribution in [1.29, 1.82) is 5.26 Å². The van der Waals surface area contributed by atoms with E-state index in [1.807, 2.05) is 54.6 Å². The maximum Gasteiger partial charge on any atom is 0.162 e. The summed E-state index contributed by atoms with van der Waals surface area (Å²) in [6.45, 7) is 2.50. The molecule has 3 aromatic carbocycles. The van der Waals surface area contributed by atoms with E-state index in [0.29, 0.717) is 23.7 Å². The van der Waals surface area contributed by atoms with Gasteiger partial charge in [0.05, 0.1) is 18.8 Å². The standard InChI is InChI=1S/C24H19Br2NO2/c1-16-6-8-17(9-7-16)15-29-24-13-22(26)19(12-23(24)28-2)10-20(14-27)18-4-3-5-21(25)11-18/h3-13H,15H2,1-2H3. The molecule has 0 amide bonds. The van der Waals surface area contributed by atoms with Crippen molar-refractivity contribution < 1.29 is 9.47 Å². The van der Waals surface area contributed by atoms with Gasteiger partial charge in [-0.25, -0.2) is 0 Å². The molecule has 0 fully saturated rings. The van der Waals surface area contributed by atoms with Crippen LogP contribution in [0, 0.1) is 18.3 Å². The fourth-order valence-corrected chi connectivity index (χ4v) is 3.61. The Morgan fingerprint density at radius 3 is 2.45 bits per heavy atom. The molecule has 0 radical (unpaired) electrons. The van der Waals surface area contributed by atoms with Crippen molar-refractivity contribution in [2.45, 2.75) is 13.5 Å². The molecule has 0 heterocycles. The molecule has 5 heteroatoms. The normalized spacial score (nSPS) is 11.1. The predicted octanol–water partition coefficient (Wildman–Crippen LogP) is 7.17. The minimum absolute atomic E-state index is 0.444. The Morgan fingerprint density at radius 2 is 1.79 bits per heavy atom. The summed E-state index contributed by atoms with van der Waals surface area (Å²) >= 11 is 7.04. The second kappa shape index (κ2) is 9.78. The van der Waals surface area contributed by atoms with Gasteiger partial charge in [-0.2, -0.15) is 5.26 Å². The molecule has 0 atom stereocenters. The Labute approximate surface area is 187 Å². The minimum atomic E-state index is 0.444. The van der Waals surface area contributed by atoms with E-state index < -0.39 is 0 Å². The average Bonchev–Trinajstić information content (AvgIpc) is 2.72. The molecule has 0 aliphatic rings. The molecule has 0 aromatic heterocycles. The van der Waals surface area contributed by atoms with E-state index in [4.69, 9.17) is 9.47 Å². The summed E-state index contributed by atoms with van der Waals surface area (Å²) in [5.41, 5.74) is 4.53. The molecule has 0 saturated heterocycles. The van der Waals surface area contributed by atoms with Crippen molar-refractivity contribution >= 4 is 43.5 Å². The summed E-state index contributed by atoms with van der Waals surface area (Å²) in [6.07, 6.45) is 1.83. The molecule has 29 heavy (non-hydrogen) atoms. The lowest BCUT2D eigenvalue weighted by Crippen LogP contribution is -1.98. The van der Waals surface area contributed by atoms with Crippen LogP contribution < -0.4 is 9.47 Å². The first-order valence-corrected chi connectivity index (χ1v) is 10.5. The topological polar surface area (TPSA) is 42.2 Å². The number of aryl methyl sites for hydroxylation is 1. The monoisotopic (exact) mass is 511 g/mol. The molecule has 3 nitrogen and oxygen atoms in total. The number of hydrogen-bond donors (Lipinski definition) is 0. The highest BCUT2D eigenvalue weighted by Gasteiger charge is 2.11. The van der Waals surface area contributed by atoms with Gasteiger partial charge >= 0.3 is 0 Å². The molecule has 0 bridgehead atoms. The number of ether oxygens (including phenoxy) is 2. The van der Waals surface area contributed by atoms with E-state index in [1.165, 1.54) is 5.56 Å². The quantitative estimate of drug-likeness (QED) is 0.259. The first-order valence-electron chi connectivity index (χ1n) is 8.94. The number of benzene rings is 3. The minimum Gasteiger partial charge on any atom is -0.493 e. The molecule has 0 saturated carbocycles. The van der Waals surface area contributed by atoms with Crippen molar-refractivity contribution in [1.82, 2.24) is 0 Å². The molecule has 0 N–H and O–H groups in total. The van der Waals surface area contributed by atoms with Gasteiger partial charge < -0.3 is 9.47 Å². The van der Waals surface area contributed by atoms with Crippen LogP contribution in [0.25, 0.3) is 11.6 Å². The SMILES string of the molecule is COc1cc(C=C(C#N)c2cccc(Br)c2)c(Br)cc1OCc1ccc(C)cc1. The molecule has 3 aromatic rings. The van der Waals surface area contributed by atoms with E-state index >= 15 is 0 Å². The average molecular weight is 513 g/mol. The summed E-state index contributed by atoms with van der Waals surface area (Å²) in [4.78, 5) is 0. The van der Waals surface area contributed by atoms with E-state index in [9.17, 15) is 5.26 Å². The van der Waals surface area contributed by atoms with Gasteiger partial charge in [-0.1, -0.05) is 73.8 Å². The Morgan fingerprint density at radius 1 is 1.03 bits per heavy atom. The van der Waals surface area contributed by atoms with Crippen LogP contribution in [0.1, 0.15) is 22.3 Å². The number of nitrogens with zero attached hydrogens (tertiary/aromatic N) is 1. The number of nitriles is 1. The van der Waals surface area contributed by atoms with Crippen molar-refractivity contribution in [3.8, 4) is 17.6 Å². The van der Waals surface area contributed by atoms with E-state index in [-0.39, 0.29) is 0 Å². The van der Waals surface area contributed by atoms with Crippen LogP contribution in [0.5, 0.6) is 11.5 Å². The zero-order valence-electron chi connectivity index (χ0n) is 16.1. The van der Waals surface area contributed by atoms with E-state index in [0.717, 1.165) is 25.6 Å². The van der Waals surface area contributed by atoms with Crippen LogP contribution in [-0.4, -0.2) is 7.11 Å². The smallest absolute Gasteiger partial charge is 0.162 e. The number of rotatable bonds is 6. The molecule has 0 aliphatic heterocycles.